The average Bonchev–Trinajstić information content (AvgIpc) is 3.59. The molecule has 0 heterocycles. The van der Waals surface area contributed by atoms with Crippen LogP contribution in [0.25, 0.3) is 44.5 Å². The Morgan fingerprint density at radius 2 is 0.773 bits per heavy atom. The van der Waals surface area contributed by atoms with Crippen molar-refractivity contribution in [3.8, 4) is 58.7 Å². The monoisotopic (exact) mass is 558 g/mol. The summed E-state index contributed by atoms with van der Waals surface area (Å²) in [6.07, 6.45) is 0. The normalized spacial score (nSPS) is 14.5. The fourth-order valence-corrected chi connectivity index (χ4v) is 6.27. The lowest BCUT2D eigenvalue weighted by Gasteiger charge is -2.19. The molecule has 0 N–H and O–H groups in total. The largest absolute Gasteiger partial charge is 0.193 e. The molecule has 0 fully saturated rings. The van der Waals surface area contributed by atoms with Crippen LogP contribution in [0.5, 0.6) is 0 Å². The molecule has 200 valence electrons. The summed E-state index contributed by atoms with van der Waals surface area (Å²) < 4.78 is 0. The van der Waals surface area contributed by atoms with E-state index < -0.39 is 0 Å². The Hall–Kier alpha value is -6.96. The zero-order chi connectivity index (χ0) is 31.1. The molecule has 0 spiro atoms. The molecule has 4 aromatic carbocycles. The summed E-state index contributed by atoms with van der Waals surface area (Å²) in [7, 11) is 0. The van der Waals surface area contributed by atoms with E-state index in [1.54, 1.807) is 38.1 Å². The summed E-state index contributed by atoms with van der Waals surface area (Å²) in [6.45, 7) is 3.52. The summed E-state index contributed by atoms with van der Waals surface area (Å²) in [5.74, 6) is 0. The van der Waals surface area contributed by atoms with Crippen LogP contribution < -0.4 is 0 Å². The lowest BCUT2D eigenvalue weighted by atomic mass is 9.83. The molecule has 6 nitrogen and oxygen atoms in total. The number of hydrogen-bond donors (Lipinski definition) is 0. The molecule has 0 saturated heterocycles. The van der Waals surface area contributed by atoms with Crippen molar-refractivity contribution in [2.75, 3.05) is 0 Å². The van der Waals surface area contributed by atoms with Gasteiger partial charge in [0.25, 0.3) is 0 Å². The first kappa shape index (κ1) is 27.2. The van der Waals surface area contributed by atoms with E-state index in [4.69, 9.17) is 0 Å². The molecule has 2 aliphatic carbocycles. The third-order valence-corrected chi connectivity index (χ3v) is 8.01. The van der Waals surface area contributed by atoms with Crippen molar-refractivity contribution in [1.82, 2.24) is 0 Å². The van der Waals surface area contributed by atoms with Crippen molar-refractivity contribution < 1.29 is 0 Å². The minimum Gasteiger partial charge on any atom is -0.193 e. The van der Waals surface area contributed by atoms with Gasteiger partial charge in [-0.15, -0.1) is 0 Å². The first-order valence-electron chi connectivity index (χ1n) is 13.5. The van der Waals surface area contributed by atoms with Crippen LogP contribution in [0.3, 0.4) is 0 Å². The van der Waals surface area contributed by atoms with E-state index in [0.29, 0.717) is 44.5 Å². The Labute approximate surface area is 254 Å². The molecule has 2 aliphatic rings. The second-order valence-corrected chi connectivity index (χ2v) is 10.5. The SMILES string of the molecule is C/C(C#N)=C1C2=C(/C(=C(/C)C#N)c3c2cccc3-c2cc(C#N)cc(C#N)c2)c2cccc(-c3cc(C#N)cc(C#N)c3)c2/1. The van der Waals surface area contributed by atoms with E-state index in [-0.39, 0.29) is 0 Å². The molecule has 6 heteroatoms. The molecule has 0 saturated carbocycles. The average molecular weight is 559 g/mol. The molecular formula is C38H18N6. The first-order chi connectivity index (χ1) is 21.4. The van der Waals surface area contributed by atoms with Crippen molar-refractivity contribution in [2.45, 2.75) is 13.8 Å². The maximum absolute atomic E-state index is 10.2. The molecule has 0 atom stereocenters. The van der Waals surface area contributed by atoms with E-state index in [9.17, 15) is 31.6 Å². The number of fused-ring (bicyclic) bond motifs is 4. The van der Waals surface area contributed by atoms with Gasteiger partial charge in [0.2, 0.25) is 0 Å². The third kappa shape index (κ3) is 3.98. The molecule has 6 rings (SSSR count). The molecule has 44 heavy (non-hydrogen) atoms. The van der Waals surface area contributed by atoms with Gasteiger partial charge in [0.1, 0.15) is 0 Å². The molecule has 0 aromatic heterocycles. The number of allylic oxidation sites excluding steroid dienone is 6. The third-order valence-electron chi connectivity index (χ3n) is 8.01. The lowest BCUT2D eigenvalue weighted by molar-refractivity contribution is 1.42. The van der Waals surface area contributed by atoms with Gasteiger partial charge in [-0.05, 0) is 106 Å². The van der Waals surface area contributed by atoms with Gasteiger partial charge in [-0.3, -0.25) is 0 Å². The van der Waals surface area contributed by atoms with Gasteiger partial charge < -0.3 is 0 Å². The molecule has 0 radical (unpaired) electrons. The minimum absolute atomic E-state index is 0.352. The highest BCUT2D eigenvalue weighted by Crippen LogP contribution is 2.62. The summed E-state index contributed by atoms with van der Waals surface area (Å²) in [5, 5.41) is 59.1. The van der Waals surface area contributed by atoms with Crippen LogP contribution in [0, 0.1) is 68.0 Å². The quantitative estimate of drug-likeness (QED) is 0.228. The first-order valence-corrected chi connectivity index (χ1v) is 13.5. The van der Waals surface area contributed by atoms with Gasteiger partial charge in [-0.25, -0.2) is 0 Å². The highest BCUT2D eigenvalue weighted by molar-refractivity contribution is 6.39. The van der Waals surface area contributed by atoms with Gasteiger partial charge in [-0.2, -0.15) is 31.6 Å². The Morgan fingerprint density at radius 3 is 1.07 bits per heavy atom. The van der Waals surface area contributed by atoms with E-state index >= 15 is 0 Å². The van der Waals surface area contributed by atoms with Crippen LogP contribution >= 0.6 is 0 Å². The number of benzene rings is 4. The number of nitrogens with zero attached hydrogens (tertiary/aromatic N) is 6. The van der Waals surface area contributed by atoms with E-state index in [2.05, 4.69) is 36.4 Å². The fraction of sp³-hybridized carbons (Fsp3) is 0.0526. The van der Waals surface area contributed by atoms with Crippen molar-refractivity contribution in [1.29, 1.82) is 31.6 Å². The van der Waals surface area contributed by atoms with Crippen LogP contribution in [0.15, 0.2) is 83.9 Å². The predicted molar refractivity (Wildman–Crippen MR) is 166 cm³/mol. The maximum Gasteiger partial charge on any atom is 0.0992 e. The molecular weight excluding hydrogens is 540 g/mol. The zero-order valence-corrected chi connectivity index (χ0v) is 23.6. The summed E-state index contributed by atoms with van der Waals surface area (Å²) >= 11 is 0. The van der Waals surface area contributed by atoms with Crippen LogP contribution in [0.4, 0.5) is 0 Å². The highest BCUT2D eigenvalue weighted by atomic mass is 14.4. The number of nitriles is 6. The Balaban J connectivity index is 1.71. The molecule has 0 unspecified atom stereocenters. The lowest BCUT2D eigenvalue weighted by Crippen LogP contribution is -1.99. The van der Waals surface area contributed by atoms with Gasteiger partial charge in [0.05, 0.1) is 58.7 Å². The van der Waals surface area contributed by atoms with Gasteiger partial charge >= 0.3 is 0 Å². The summed E-state index contributed by atoms with van der Waals surface area (Å²) in [4.78, 5) is 0. The van der Waals surface area contributed by atoms with Gasteiger partial charge in [0.15, 0.2) is 0 Å². The standard InChI is InChI=1S/C38H18N6/c1-21(15-39)33-35-29(27-11-23(17-41)9-24(12-27)18-42)5-3-7-31(35)38-34(22(2)16-40)36-30(6-4-8-32(36)37(33)38)28-13-25(19-43)10-26(14-28)20-44/h3-14H,1-2H3/b33-21-,34-22-. The molecule has 0 aliphatic heterocycles. The number of hydrogen-bond acceptors (Lipinski definition) is 6. The van der Waals surface area contributed by atoms with Crippen LogP contribution in [-0.2, 0) is 0 Å². The van der Waals surface area contributed by atoms with E-state index in [1.807, 2.05) is 36.4 Å². The van der Waals surface area contributed by atoms with Crippen molar-refractivity contribution in [3.63, 3.8) is 0 Å². The predicted octanol–water partition coefficient (Wildman–Crippen LogP) is 8.04. The fourth-order valence-electron chi connectivity index (χ4n) is 6.27. The second kappa shape index (κ2) is 10.5. The van der Waals surface area contributed by atoms with Crippen molar-refractivity contribution >= 4 is 22.3 Å². The van der Waals surface area contributed by atoms with Crippen LogP contribution in [0.2, 0.25) is 0 Å². The number of rotatable bonds is 2. The summed E-state index contributed by atoms with van der Waals surface area (Å²) in [5.41, 5.74) is 11.6. The van der Waals surface area contributed by atoms with Gasteiger partial charge in [-0.1, -0.05) is 36.4 Å². The van der Waals surface area contributed by atoms with Crippen molar-refractivity contribution in [2.24, 2.45) is 0 Å². The zero-order valence-electron chi connectivity index (χ0n) is 23.6. The van der Waals surface area contributed by atoms with Gasteiger partial charge in [0, 0.05) is 22.3 Å². The molecule has 0 bridgehead atoms. The topological polar surface area (TPSA) is 143 Å². The van der Waals surface area contributed by atoms with Crippen LogP contribution in [-0.4, -0.2) is 0 Å². The van der Waals surface area contributed by atoms with Crippen LogP contribution in [0.1, 0.15) is 58.4 Å². The molecule has 4 aromatic rings. The molecule has 0 amide bonds. The van der Waals surface area contributed by atoms with E-state index in [0.717, 1.165) is 55.7 Å². The Bertz CT molecular complexity index is 2130. The second-order valence-electron chi connectivity index (χ2n) is 10.5. The summed E-state index contributed by atoms with van der Waals surface area (Å²) in [6, 6.07) is 34.8. The highest BCUT2D eigenvalue weighted by Gasteiger charge is 2.41. The van der Waals surface area contributed by atoms with Crippen molar-refractivity contribution in [3.05, 3.63) is 128 Å². The minimum atomic E-state index is 0.352. The Kier molecular flexibility index (Phi) is 6.47. The Morgan fingerprint density at radius 1 is 0.455 bits per heavy atom. The smallest absolute Gasteiger partial charge is 0.0992 e. The van der Waals surface area contributed by atoms with E-state index in [1.165, 1.54) is 12.1 Å². The maximum atomic E-state index is 10.2.